The van der Waals surface area contributed by atoms with Gasteiger partial charge in [-0.25, -0.2) is 8.42 Å². The van der Waals surface area contributed by atoms with Gasteiger partial charge in [-0.1, -0.05) is 13.8 Å². The van der Waals surface area contributed by atoms with Gasteiger partial charge in [0.1, 0.15) is 18.4 Å². The Morgan fingerprint density at radius 3 is 2.27 bits per heavy atom. The van der Waals surface area contributed by atoms with E-state index in [2.05, 4.69) is 4.72 Å². The van der Waals surface area contributed by atoms with Crippen molar-refractivity contribution in [2.75, 3.05) is 20.3 Å². The Morgan fingerprint density at radius 2 is 1.82 bits per heavy atom. The summed E-state index contributed by atoms with van der Waals surface area (Å²) in [5.41, 5.74) is 0. The molecule has 0 saturated heterocycles. The zero-order chi connectivity index (χ0) is 16.8. The molecule has 0 fully saturated rings. The molecule has 0 unspecified atom stereocenters. The van der Waals surface area contributed by atoms with Crippen molar-refractivity contribution in [3.63, 3.8) is 0 Å². The molecule has 0 radical (unpaired) electrons. The molecular formula is C14H21NO6S. The molecule has 2 N–H and O–H groups in total. The Morgan fingerprint density at radius 1 is 1.23 bits per heavy atom. The highest BCUT2D eigenvalue weighted by atomic mass is 32.2. The predicted octanol–water partition coefficient (Wildman–Crippen LogP) is 1.10. The molecule has 1 aromatic rings. The zero-order valence-corrected chi connectivity index (χ0v) is 13.6. The number of carbonyl (C=O) groups is 1. The van der Waals surface area contributed by atoms with Crippen LogP contribution in [0.1, 0.15) is 13.8 Å². The van der Waals surface area contributed by atoms with Gasteiger partial charge in [-0.3, -0.25) is 4.79 Å². The Hall–Kier alpha value is -1.64. The molecule has 0 spiro atoms. The molecule has 1 atom stereocenters. The fourth-order valence-corrected chi connectivity index (χ4v) is 3.00. The molecule has 8 heteroatoms. The molecule has 1 aromatic carbocycles. The second kappa shape index (κ2) is 8.11. The van der Waals surface area contributed by atoms with Gasteiger partial charge in [-0.15, -0.1) is 0 Å². The van der Waals surface area contributed by atoms with Crippen molar-refractivity contribution in [3.05, 3.63) is 24.3 Å². The lowest BCUT2D eigenvalue weighted by atomic mass is 10.1. The molecule has 0 aliphatic rings. The number of aliphatic carboxylic acids is 1. The van der Waals surface area contributed by atoms with Crippen molar-refractivity contribution in [2.24, 2.45) is 5.92 Å². The van der Waals surface area contributed by atoms with E-state index in [1.165, 1.54) is 24.3 Å². The average Bonchev–Trinajstić information content (AvgIpc) is 2.45. The quantitative estimate of drug-likeness (QED) is 0.657. The normalized spacial score (nSPS) is 13.1. The standard InChI is InChI=1S/C14H21NO6S/c1-10(2)13(14(16)17)15-22(18,19)12-6-4-11(5-7-12)21-9-8-20-3/h4-7,10,13,15H,8-9H2,1-3H3,(H,16,17)/t13-/m0/s1. The van der Waals surface area contributed by atoms with Crippen LogP contribution in [0.5, 0.6) is 5.75 Å². The van der Waals surface area contributed by atoms with Crippen LogP contribution in [0.3, 0.4) is 0 Å². The first-order valence-electron chi connectivity index (χ1n) is 6.75. The van der Waals surface area contributed by atoms with Gasteiger partial charge >= 0.3 is 5.97 Å². The predicted molar refractivity (Wildman–Crippen MR) is 80.4 cm³/mol. The number of benzene rings is 1. The third-order valence-electron chi connectivity index (χ3n) is 2.91. The molecule has 22 heavy (non-hydrogen) atoms. The number of nitrogens with one attached hydrogen (secondary N) is 1. The summed E-state index contributed by atoms with van der Waals surface area (Å²) in [6.45, 7) is 4.05. The molecule has 0 aliphatic heterocycles. The van der Waals surface area contributed by atoms with Gasteiger partial charge < -0.3 is 14.6 Å². The summed E-state index contributed by atoms with van der Waals surface area (Å²) in [4.78, 5) is 11.1. The third-order valence-corrected chi connectivity index (χ3v) is 4.36. The Bertz CT molecular complexity index is 582. The number of hydrogen-bond donors (Lipinski definition) is 2. The van der Waals surface area contributed by atoms with Crippen LogP contribution in [0, 0.1) is 5.92 Å². The lowest BCUT2D eigenvalue weighted by Gasteiger charge is -2.18. The molecule has 0 amide bonds. The van der Waals surface area contributed by atoms with E-state index in [-0.39, 0.29) is 10.8 Å². The largest absolute Gasteiger partial charge is 0.491 e. The minimum absolute atomic E-state index is 0.0153. The van der Waals surface area contributed by atoms with Gasteiger partial charge in [0, 0.05) is 7.11 Å². The maximum atomic E-state index is 12.2. The fourth-order valence-electron chi connectivity index (χ4n) is 1.66. The van der Waals surface area contributed by atoms with E-state index in [4.69, 9.17) is 14.6 Å². The molecule has 0 aliphatic carbocycles. The van der Waals surface area contributed by atoms with Gasteiger partial charge in [0.25, 0.3) is 0 Å². The van der Waals surface area contributed by atoms with E-state index in [0.29, 0.717) is 19.0 Å². The fraction of sp³-hybridized carbons (Fsp3) is 0.500. The third kappa shape index (κ3) is 5.28. The van der Waals surface area contributed by atoms with E-state index < -0.39 is 22.0 Å². The van der Waals surface area contributed by atoms with Crippen LogP contribution in [0.4, 0.5) is 0 Å². The van der Waals surface area contributed by atoms with Crippen LogP contribution in [0.2, 0.25) is 0 Å². The van der Waals surface area contributed by atoms with Crippen molar-refractivity contribution in [2.45, 2.75) is 24.8 Å². The first-order valence-corrected chi connectivity index (χ1v) is 8.23. The summed E-state index contributed by atoms with van der Waals surface area (Å²) >= 11 is 0. The minimum Gasteiger partial charge on any atom is -0.491 e. The number of rotatable bonds is 9. The monoisotopic (exact) mass is 331 g/mol. The number of methoxy groups -OCH3 is 1. The van der Waals surface area contributed by atoms with Crippen molar-refractivity contribution >= 4 is 16.0 Å². The second-order valence-electron chi connectivity index (χ2n) is 4.99. The Kier molecular flexibility index (Phi) is 6.79. The molecule has 0 bridgehead atoms. The van der Waals surface area contributed by atoms with Gasteiger partial charge in [-0.05, 0) is 30.2 Å². The minimum atomic E-state index is -3.90. The highest BCUT2D eigenvalue weighted by Gasteiger charge is 2.27. The summed E-state index contributed by atoms with van der Waals surface area (Å²) < 4.78 is 36.7. The summed E-state index contributed by atoms with van der Waals surface area (Å²) in [5, 5.41) is 9.06. The summed E-state index contributed by atoms with van der Waals surface area (Å²) in [6, 6.07) is 4.57. The Labute approximate surface area is 130 Å². The highest BCUT2D eigenvalue weighted by molar-refractivity contribution is 7.89. The van der Waals surface area contributed by atoms with Crippen LogP contribution in [-0.4, -0.2) is 45.9 Å². The average molecular weight is 331 g/mol. The lowest BCUT2D eigenvalue weighted by molar-refractivity contribution is -0.140. The van der Waals surface area contributed by atoms with Crippen molar-refractivity contribution in [1.29, 1.82) is 0 Å². The van der Waals surface area contributed by atoms with Crippen molar-refractivity contribution < 1.29 is 27.8 Å². The van der Waals surface area contributed by atoms with Crippen molar-refractivity contribution in [1.82, 2.24) is 4.72 Å². The summed E-state index contributed by atoms with van der Waals surface area (Å²) in [7, 11) is -2.35. The molecule has 0 saturated carbocycles. The molecule has 0 aromatic heterocycles. The highest BCUT2D eigenvalue weighted by Crippen LogP contribution is 2.17. The van der Waals surface area contributed by atoms with Gasteiger partial charge in [0.15, 0.2) is 0 Å². The van der Waals surface area contributed by atoms with Crippen LogP contribution in [-0.2, 0) is 19.6 Å². The number of hydrogen-bond acceptors (Lipinski definition) is 5. The molecular weight excluding hydrogens is 310 g/mol. The maximum absolute atomic E-state index is 12.2. The smallest absolute Gasteiger partial charge is 0.322 e. The summed E-state index contributed by atoms with van der Waals surface area (Å²) in [5.74, 6) is -1.07. The van der Waals surface area contributed by atoms with Gasteiger partial charge in [0.05, 0.1) is 11.5 Å². The molecule has 1 rings (SSSR count). The maximum Gasteiger partial charge on any atom is 0.322 e. The van der Waals surface area contributed by atoms with Crippen molar-refractivity contribution in [3.8, 4) is 5.75 Å². The van der Waals surface area contributed by atoms with E-state index in [1.54, 1.807) is 21.0 Å². The number of carboxylic acid groups (broad SMARTS) is 1. The van der Waals surface area contributed by atoms with E-state index in [1.807, 2.05) is 0 Å². The van der Waals surface area contributed by atoms with Crippen LogP contribution in [0.15, 0.2) is 29.2 Å². The Balaban J connectivity index is 2.82. The molecule has 7 nitrogen and oxygen atoms in total. The van der Waals surface area contributed by atoms with E-state index in [9.17, 15) is 13.2 Å². The van der Waals surface area contributed by atoms with Crippen LogP contribution >= 0.6 is 0 Å². The topological polar surface area (TPSA) is 102 Å². The molecule has 124 valence electrons. The SMILES string of the molecule is COCCOc1ccc(S(=O)(=O)N[C@H](C(=O)O)C(C)C)cc1. The number of sulfonamides is 1. The molecule has 0 heterocycles. The van der Waals surface area contributed by atoms with E-state index >= 15 is 0 Å². The second-order valence-corrected chi connectivity index (χ2v) is 6.71. The summed E-state index contributed by atoms with van der Waals surface area (Å²) in [6.07, 6.45) is 0. The lowest BCUT2D eigenvalue weighted by Crippen LogP contribution is -2.44. The first-order chi connectivity index (χ1) is 10.3. The van der Waals surface area contributed by atoms with Crippen LogP contribution in [0.25, 0.3) is 0 Å². The number of ether oxygens (including phenoxy) is 2. The first kappa shape index (κ1) is 18.4. The van der Waals surface area contributed by atoms with E-state index in [0.717, 1.165) is 0 Å². The van der Waals surface area contributed by atoms with Gasteiger partial charge in [0.2, 0.25) is 10.0 Å². The zero-order valence-electron chi connectivity index (χ0n) is 12.8. The van der Waals surface area contributed by atoms with Crippen LogP contribution < -0.4 is 9.46 Å². The van der Waals surface area contributed by atoms with Gasteiger partial charge in [-0.2, -0.15) is 4.72 Å². The number of carboxylic acids is 1.